The van der Waals surface area contributed by atoms with Crippen LogP contribution in [-0.4, -0.2) is 24.0 Å². The lowest BCUT2D eigenvalue weighted by atomic mass is 10.2. The monoisotopic (exact) mass is 256 g/mol. The van der Waals surface area contributed by atoms with Crippen LogP contribution >= 0.6 is 0 Å². The summed E-state index contributed by atoms with van der Waals surface area (Å²) in [6.45, 7) is 0.850. The third kappa shape index (κ3) is 3.22. The van der Waals surface area contributed by atoms with Crippen LogP contribution in [-0.2, 0) is 4.79 Å². The second-order valence-electron chi connectivity index (χ2n) is 4.89. The number of carbonyl (C=O) groups excluding carboxylic acids is 1. The van der Waals surface area contributed by atoms with Crippen molar-refractivity contribution in [1.82, 2.24) is 10.3 Å². The maximum absolute atomic E-state index is 11.6. The second kappa shape index (κ2) is 5.26. The lowest BCUT2D eigenvalue weighted by Crippen LogP contribution is -2.30. The number of ether oxygens (including phenoxy) is 1. The zero-order valence-electron chi connectivity index (χ0n) is 10.6. The van der Waals surface area contributed by atoms with Gasteiger partial charge in [0.15, 0.2) is 6.61 Å². The minimum absolute atomic E-state index is 0.0572. The number of nitrogens with one attached hydrogen (secondary N) is 1. The molecule has 0 spiro atoms. The molecule has 19 heavy (non-hydrogen) atoms. The summed E-state index contributed by atoms with van der Waals surface area (Å²) in [5, 5.41) is 3.89. The van der Waals surface area contributed by atoms with Crippen molar-refractivity contribution in [2.75, 3.05) is 13.2 Å². The standard InChI is InChI=1S/C15H16N2O2/c18-15(17-9-11-3-4-11)10-19-13-5-6-14-12(8-13)2-1-7-16-14/h1-2,5-8,11H,3-4,9-10H2,(H,17,18). The van der Waals surface area contributed by atoms with Crippen LogP contribution in [0.5, 0.6) is 5.75 Å². The summed E-state index contributed by atoms with van der Waals surface area (Å²) in [7, 11) is 0. The molecule has 3 rings (SSSR count). The quantitative estimate of drug-likeness (QED) is 0.891. The number of hydrogen-bond acceptors (Lipinski definition) is 3. The SMILES string of the molecule is O=C(COc1ccc2ncccc2c1)NCC1CC1. The molecule has 1 saturated carbocycles. The molecule has 4 heteroatoms. The molecular formula is C15H16N2O2. The number of pyridine rings is 1. The van der Waals surface area contributed by atoms with Crippen molar-refractivity contribution in [2.24, 2.45) is 5.92 Å². The zero-order chi connectivity index (χ0) is 13.1. The Kier molecular flexibility index (Phi) is 3.31. The molecule has 4 nitrogen and oxygen atoms in total. The molecule has 2 aromatic rings. The van der Waals surface area contributed by atoms with Gasteiger partial charge in [-0.2, -0.15) is 0 Å². The fourth-order valence-corrected chi connectivity index (χ4v) is 1.92. The maximum atomic E-state index is 11.6. The van der Waals surface area contributed by atoms with Gasteiger partial charge in [-0.1, -0.05) is 6.07 Å². The number of nitrogens with zero attached hydrogens (tertiary/aromatic N) is 1. The van der Waals surface area contributed by atoms with E-state index in [2.05, 4.69) is 10.3 Å². The first kappa shape index (κ1) is 12.0. The van der Waals surface area contributed by atoms with Gasteiger partial charge in [-0.3, -0.25) is 9.78 Å². The summed E-state index contributed by atoms with van der Waals surface area (Å²) in [5.74, 6) is 1.33. The number of fused-ring (bicyclic) bond motifs is 1. The molecule has 1 aromatic carbocycles. The summed E-state index contributed by atoms with van der Waals surface area (Å²) in [5.41, 5.74) is 0.924. The van der Waals surface area contributed by atoms with Crippen LogP contribution in [0.2, 0.25) is 0 Å². The Labute approximate surface area is 111 Å². The van der Waals surface area contributed by atoms with Gasteiger partial charge >= 0.3 is 0 Å². The summed E-state index contributed by atoms with van der Waals surface area (Å²) in [6, 6.07) is 9.49. The normalized spacial score (nSPS) is 14.3. The van der Waals surface area contributed by atoms with E-state index in [-0.39, 0.29) is 12.5 Å². The van der Waals surface area contributed by atoms with Crippen LogP contribution in [0.4, 0.5) is 0 Å². The Morgan fingerprint density at radius 3 is 3.11 bits per heavy atom. The van der Waals surface area contributed by atoms with E-state index < -0.39 is 0 Å². The van der Waals surface area contributed by atoms with Crippen molar-refractivity contribution in [3.63, 3.8) is 0 Å². The molecule has 0 atom stereocenters. The molecule has 1 fully saturated rings. The van der Waals surface area contributed by atoms with Crippen LogP contribution in [0.3, 0.4) is 0 Å². The minimum Gasteiger partial charge on any atom is -0.484 e. The van der Waals surface area contributed by atoms with E-state index in [4.69, 9.17) is 4.74 Å². The van der Waals surface area contributed by atoms with Gasteiger partial charge in [-0.25, -0.2) is 0 Å². The fraction of sp³-hybridized carbons (Fsp3) is 0.333. The number of amides is 1. The van der Waals surface area contributed by atoms with E-state index in [1.807, 2.05) is 30.3 Å². The highest BCUT2D eigenvalue weighted by molar-refractivity contribution is 5.80. The Bertz CT molecular complexity index is 593. The van der Waals surface area contributed by atoms with E-state index in [1.165, 1.54) is 12.8 Å². The number of hydrogen-bond donors (Lipinski definition) is 1. The van der Waals surface area contributed by atoms with Gasteiger partial charge in [0.2, 0.25) is 0 Å². The lowest BCUT2D eigenvalue weighted by molar-refractivity contribution is -0.123. The Morgan fingerprint density at radius 2 is 2.26 bits per heavy atom. The minimum atomic E-state index is -0.0572. The van der Waals surface area contributed by atoms with Gasteiger partial charge in [-0.05, 0) is 43.0 Å². The van der Waals surface area contributed by atoms with E-state index >= 15 is 0 Å². The summed E-state index contributed by atoms with van der Waals surface area (Å²) in [6.07, 6.45) is 4.23. The largest absolute Gasteiger partial charge is 0.484 e. The third-order valence-electron chi connectivity index (χ3n) is 3.23. The average Bonchev–Trinajstić information content (AvgIpc) is 3.27. The molecule has 0 unspecified atom stereocenters. The molecule has 1 heterocycles. The van der Waals surface area contributed by atoms with E-state index in [0.717, 1.165) is 17.4 Å². The van der Waals surface area contributed by atoms with E-state index in [9.17, 15) is 4.79 Å². The van der Waals surface area contributed by atoms with Crippen molar-refractivity contribution in [2.45, 2.75) is 12.8 Å². The molecule has 0 radical (unpaired) electrons. The smallest absolute Gasteiger partial charge is 0.257 e. The summed E-state index contributed by atoms with van der Waals surface area (Å²) in [4.78, 5) is 15.8. The fourth-order valence-electron chi connectivity index (χ4n) is 1.92. The van der Waals surface area contributed by atoms with E-state index in [0.29, 0.717) is 11.7 Å². The average molecular weight is 256 g/mol. The molecule has 1 aromatic heterocycles. The predicted octanol–water partition coefficient (Wildman–Crippen LogP) is 2.14. The second-order valence-corrected chi connectivity index (χ2v) is 4.89. The topological polar surface area (TPSA) is 51.2 Å². The Hall–Kier alpha value is -2.10. The van der Waals surface area contributed by atoms with Crippen molar-refractivity contribution in [3.05, 3.63) is 36.5 Å². The van der Waals surface area contributed by atoms with Crippen LogP contribution in [0, 0.1) is 5.92 Å². The van der Waals surface area contributed by atoms with Gasteiger partial charge < -0.3 is 10.1 Å². The van der Waals surface area contributed by atoms with Crippen LogP contribution in [0.25, 0.3) is 10.9 Å². The molecule has 1 aliphatic rings. The predicted molar refractivity (Wildman–Crippen MR) is 73.0 cm³/mol. The van der Waals surface area contributed by atoms with Crippen LogP contribution in [0.15, 0.2) is 36.5 Å². The zero-order valence-corrected chi connectivity index (χ0v) is 10.6. The number of rotatable bonds is 5. The number of aromatic nitrogens is 1. The summed E-state index contributed by atoms with van der Waals surface area (Å²) < 4.78 is 5.49. The number of carbonyl (C=O) groups is 1. The first-order chi connectivity index (χ1) is 9.31. The van der Waals surface area contributed by atoms with Crippen molar-refractivity contribution >= 4 is 16.8 Å². The highest BCUT2D eigenvalue weighted by atomic mass is 16.5. The molecule has 0 saturated heterocycles. The highest BCUT2D eigenvalue weighted by Crippen LogP contribution is 2.27. The molecule has 1 amide bonds. The van der Waals surface area contributed by atoms with Gasteiger partial charge in [0, 0.05) is 18.1 Å². The van der Waals surface area contributed by atoms with Gasteiger partial charge in [0.25, 0.3) is 5.91 Å². The van der Waals surface area contributed by atoms with Crippen LogP contribution in [0.1, 0.15) is 12.8 Å². The molecular weight excluding hydrogens is 240 g/mol. The lowest BCUT2D eigenvalue weighted by Gasteiger charge is -2.07. The highest BCUT2D eigenvalue weighted by Gasteiger charge is 2.21. The molecule has 98 valence electrons. The molecule has 1 N–H and O–H groups in total. The molecule has 0 aliphatic heterocycles. The number of benzene rings is 1. The first-order valence-electron chi connectivity index (χ1n) is 6.55. The van der Waals surface area contributed by atoms with E-state index in [1.54, 1.807) is 6.20 Å². The van der Waals surface area contributed by atoms with Gasteiger partial charge in [-0.15, -0.1) is 0 Å². The summed E-state index contributed by atoms with van der Waals surface area (Å²) >= 11 is 0. The van der Waals surface area contributed by atoms with Crippen molar-refractivity contribution in [1.29, 1.82) is 0 Å². The molecule has 1 aliphatic carbocycles. The first-order valence-corrected chi connectivity index (χ1v) is 6.55. The molecule has 0 bridgehead atoms. The van der Waals surface area contributed by atoms with Gasteiger partial charge in [0.05, 0.1) is 5.52 Å². The Balaban J connectivity index is 1.56. The maximum Gasteiger partial charge on any atom is 0.257 e. The van der Waals surface area contributed by atoms with Crippen molar-refractivity contribution in [3.8, 4) is 5.75 Å². The van der Waals surface area contributed by atoms with Gasteiger partial charge in [0.1, 0.15) is 5.75 Å². The Morgan fingerprint density at radius 1 is 1.37 bits per heavy atom. The van der Waals surface area contributed by atoms with Crippen LogP contribution < -0.4 is 10.1 Å². The third-order valence-corrected chi connectivity index (χ3v) is 3.23. The van der Waals surface area contributed by atoms with Crippen molar-refractivity contribution < 1.29 is 9.53 Å².